The number of aromatic nitrogens is 2. The minimum atomic E-state index is -0.450. The number of hydrogen-bond donors (Lipinski definition) is 3. The summed E-state index contributed by atoms with van der Waals surface area (Å²) in [5.74, 6) is -0.122. The summed E-state index contributed by atoms with van der Waals surface area (Å²) in [6.45, 7) is 1.32. The largest absolute Gasteiger partial charge is 0.483 e. The first kappa shape index (κ1) is 28.4. The van der Waals surface area contributed by atoms with Gasteiger partial charge in [-0.05, 0) is 39.1 Å². The Bertz CT molecular complexity index is 1100. The van der Waals surface area contributed by atoms with Crippen LogP contribution in [-0.2, 0) is 30.3 Å². The van der Waals surface area contributed by atoms with Crippen molar-refractivity contribution in [2.75, 3.05) is 33.7 Å². The van der Waals surface area contributed by atoms with Gasteiger partial charge in [-0.25, -0.2) is 4.98 Å². The summed E-state index contributed by atoms with van der Waals surface area (Å²) >= 11 is 0. The van der Waals surface area contributed by atoms with Crippen LogP contribution >= 0.6 is 0 Å². The highest BCUT2D eigenvalue weighted by atomic mass is 16.6. The van der Waals surface area contributed by atoms with Crippen molar-refractivity contribution in [1.82, 2.24) is 19.8 Å². The SMILES string of the molecule is CN(C)CC1CC2(CCN(C(=O)CCc3nc4ccccc4[nH]c3=O)CC2)C(=O)O1.O=CO.O=CO. The highest BCUT2D eigenvalue weighted by Crippen LogP contribution is 2.43. The van der Waals surface area contributed by atoms with Gasteiger partial charge in [0.05, 0.1) is 16.4 Å². The molecule has 1 atom stereocenters. The van der Waals surface area contributed by atoms with Crippen molar-refractivity contribution in [3.8, 4) is 0 Å². The number of aryl methyl sites for hydroxylation is 1. The molecule has 1 spiro atoms. The molecule has 2 saturated heterocycles. The van der Waals surface area contributed by atoms with E-state index in [-0.39, 0.29) is 42.9 Å². The highest BCUT2D eigenvalue weighted by Gasteiger charge is 2.50. The number of nitrogens with zero attached hydrogens (tertiary/aromatic N) is 3. The molecule has 3 N–H and O–H groups in total. The number of amides is 1. The Morgan fingerprint density at radius 1 is 1.19 bits per heavy atom. The van der Waals surface area contributed by atoms with Crippen LogP contribution in [0.3, 0.4) is 0 Å². The number of likely N-dealkylation sites (N-methyl/N-ethyl adjacent to an activating group) is 1. The number of nitrogens with one attached hydrogen (secondary N) is 1. The molecule has 0 radical (unpaired) electrons. The number of likely N-dealkylation sites (tertiary alicyclic amines) is 1. The fraction of sp³-hybridized carbons (Fsp3) is 0.500. The van der Waals surface area contributed by atoms with Gasteiger partial charge >= 0.3 is 5.97 Å². The summed E-state index contributed by atoms with van der Waals surface area (Å²) in [7, 11) is 3.94. The van der Waals surface area contributed by atoms with E-state index in [1.807, 2.05) is 37.2 Å². The maximum absolute atomic E-state index is 12.7. The van der Waals surface area contributed by atoms with Gasteiger partial charge in [0.1, 0.15) is 11.8 Å². The van der Waals surface area contributed by atoms with Crippen LogP contribution in [0.1, 0.15) is 31.4 Å². The van der Waals surface area contributed by atoms with Crippen molar-refractivity contribution < 1.29 is 34.1 Å². The molecule has 3 heterocycles. The molecule has 1 aromatic heterocycles. The van der Waals surface area contributed by atoms with Crippen LogP contribution in [0.25, 0.3) is 11.0 Å². The molecule has 1 unspecified atom stereocenters. The zero-order chi connectivity index (χ0) is 26.7. The maximum atomic E-state index is 12.7. The van der Waals surface area contributed by atoms with Crippen molar-refractivity contribution in [3.63, 3.8) is 0 Å². The summed E-state index contributed by atoms with van der Waals surface area (Å²) in [6, 6.07) is 7.35. The van der Waals surface area contributed by atoms with Gasteiger partial charge in [0.25, 0.3) is 18.5 Å². The number of piperidine rings is 1. The minimum absolute atomic E-state index is 0.00425. The normalized spacial score (nSPS) is 18.0. The number of para-hydroxylation sites is 2. The van der Waals surface area contributed by atoms with Crippen LogP contribution in [0.2, 0.25) is 0 Å². The van der Waals surface area contributed by atoms with Gasteiger partial charge < -0.3 is 29.7 Å². The molecule has 36 heavy (non-hydrogen) atoms. The van der Waals surface area contributed by atoms with Crippen LogP contribution in [0, 0.1) is 5.41 Å². The third kappa shape index (κ3) is 7.35. The lowest BCUT2D eigenvalue weighted by Crippen LogP contribution is -2.45. The summed E-state index contributed by atoms with van der Waals surface area (Å²) in [4.78, 5) is 65.2. The van der Waals surface area contributed by atoms with E-state index in [2.05, 4.69) is 9.97 Å². The summed E-state index contributed by atoms with van der Waals surface area (Å²) < 4.78 is 5.58. The molecule has 2 fully saturated rings. The Labute approximate surface area is 207 Å². The molecule has 0 aliphatic carbocycles. The lowest BCUT2D eigenvalue weighted by molar-refractivity contribution is -0.152. The molecular weight excluding hydrogens is 472 g/mol. The third-order valence-corrected chi connectivity index (χ3v) is 6.21. The number of fused-ring (bicyclic) bond motifs is 1. The number of carbonyl (C=O) groups excluding carboxylic acids is 2. The van der Waals surface area contributed by atoms with E-state index in [1.165, 1.54) is 0 Å². The van der Waals surface area contributed by atoms with E-state index in [0.717, 1.165) is 13.0 Å². The number of carboxylic acid groups (broad SMARTS) is 2. The van der Waals surface area contributed by atoms with E-state index in [4.69, 9.17) is 24.5 Å². The molecule has 4 rings (SSSR count). The third-order valence-electron chi connectivity index (χ3n) is 6.21. The van der Waals surface area contributed by atoms with Gasteiger partial charge in [0.2, 0.25) is 5.91 Å². The zero-order valence-corrected chi connectivity index (χ0v) is 20.4. The second kappa shape index (κ2) is 13.3. The lowest BCUT2D eigenvalue weighted by atomic mass is 9.76. The van der Waals surface area contributed by atoms with E-state index in [0.29, 0.717) is 49.1 Å². The van der Waals surface area contributed by atoms with E-state index in [9.17, 15) is 14.4 Å². The molecule has 0 bridgehead atoms. The number of rotatable bonds is 5. The number of cyclic esters (lactones) is 1. The minimum Gasteiger partial charge on any atom is -0.483 e. The topological polar surface area (TPSA) is 170 Å². The highest BCUT2D eigenvalue weighted by molar-refractivity contribution is 5.81. The molecule has 12 heteroatoms. The van der Waals surface area contributed by atoms with Crippen LogP contribution < -0.4 is 5.56 Å². The molecular formula is C24H32N4O8. The standard InChI is InChI=1S/C22H28N4O4.2CH2O2/c1-25(2)14-15-13-22(21(29)30-15)9-11-26(12-10-22)19(27)8-7-18-20(28)24-17-6-4-3-5-16(17)23-18;2*2-1-3/h3-6,15H,7-14H2,1-2H3,(H,24,28);2*1H,(H,2,3). The number of esters is 1. The monoisotopic (exact) mass is 504 g/mol. The number of benzene rings is 1. The van der Waals surface area contributed by atoms with E-state index < -0.39 is 5.41 Å². The average Bonchev–Trinajstić information content (AvgIpc) is 3.12. The Kier molecular flexibility index (Phi) is 10.5. The maximum Gasteiger partial charge on any atom is 0.312 e. The Morgan fingerprint density at radius 3 is 2.42 bits per heavy atom. The number of aromatic amines is 1. The quantitative estimate of drug-likeness (QED) is 0.390. The molecule has 12 nitrogen and oxygen atoms in total. The predicted octanol–water partition coefficient (Wildman–Crippen LogP) is 0.743. The van der Waals surface area contributed by atoms with Crippen molar-refractivity contribution in [2.24, 2.45) is 5.41 Å². The first-order valence-electron chi connectivity index (χ1n) is 11.5. The zero-order valence-electron chi connectivity index (χ0n) is 20.4. The lowest BCUT2D eigenvalue weighted by Gasteiger charge is -2.36. The smallest absolute Gasteiger partial charge is 0.312 e. The van der Waals surface area contributed by atoms with Crippen molar-refractivity contribution in [1.29, 1.82) is 0 Å². The van der Waals surface area contributed by atoms with Gasteiger partial charge in [0, 0.05) is 38.9 Å². The van der Waals surface area contributed by atoms with Crippen LogP contribution in [0.5, 0.6) is 0 Å². The van der Waals surface area contributed by atoms with Gasteiger partial charge in [-0.3, -0.25) is 24.0 Å². The Balaban J connectivity index is 0.000000693. The fourth-order valence-electron chi connectivity index (χ4n) is 4.56. The summed E-state index contributed by atoms with van der Waals surface area (Å²) in [5.41, 5.74) is 1.08. The summed E-state index contributed by atoms with van der Waals surface area (Å²) in [6.07, 6.45) is 2.46. The van der Waals surface area contributed by atoms with Crippen molar-refractivity contribution >= 4 is 35.9 Å². The van der Waals surface area contributed by atoms with E-state index >= 15 is 0 Å². The molecule has 1 amide bonds. The second-order valence-electron chi connectivity index (χ2n) is 8.90. The molecule has 196 valence electrons. The van der Waals surface area contributed by atoms with Gasteiger partial charge in [-0.2, -0.15) is 0 Å². The first-order chi connectivity index (χ1) is 17.2. The number of ether oxygens (including phenoxy) is 1. The van der Waals surface area contributed by atoms with Crippen molar-refractivity contribution in [2.45, 2.75) is 38.2 Å². The summed E-state index contributed by atoms with van der Waals surface area (Å²) in [5, 5.41) is 13.8. The van der Waals surface area contributed by atoms with Crippen LogP contribution in [-0.4, -0.2) is 94.6 Å². The Hall–Kier alpha value is -3.80. The molecule has 2 aliphatic rings. The van der Waals surface area contributed by atoms with Crippen molar-refractivity contribution in [3.05, 3.63) is 40.3 Å². The first-order valence-corrected chi connectivity index (χ1v) is 11.5. The van der Waals surface area contributed by atoms with Crippen LogP contribution in [0.15, 0.2) is 29.1 Å². The number of hydrogen-bond acceptors (Lipinski definition) is 8. The van der Waals surface area contributed by atoms with Gasteiger partial charge in [-0.1, -0.05) is 12.1 Å². The second-order valence-corrected chi connectivity index (χ2v) is 8.90. The molecule has 0 saturated carbocycles. The number of H-pyrrole nitrogens is 1. The molecule has 2 aliphatic heterocycles. The molecule has 1 aromatic carbocycles. The molecule has 2 aromatic rings. The average molecular weight is 505 g/mol. The predicted molar refractivity (Wildman–Crippen MR) is 129 cm³/mol. The van der Waals surface area contributed by atoms with Gasteiger partial charge in [-0.15, -0.1) is 0 Å². The fourth-order valence-corrected chi connectivity index (χ4v) is 4.56. The number of carbonyl (C=O) groups is 4. The van der Waals surface area contributed by atoms with E-state index in [1.54, 1.807) is 11.0 Å². The van der Waals surface area contributed by atoms with Crippen LogP contribution in [0.4, 0.5) is 0 Å². The van der Waals surface area contributed by atoms with Gasteiger partial charge in [0.15, 0.2) is 0 Å². The Morgan fingerprint density at radius 2 is 1.81 bits per heavy atom.